The number of nitrogens with zero attached hydrogens (tertiary/aromatic N) is 2. The van der Waals surface area contributed by atoms with Crippen LogP contribution in [0.4, 0.5) is 10.8 Å². The van der Waals surface area contributed by atoms with Gasteiger partial charge in [0.25, 0.3) is 0 Å². The molecule has 0 fully saturated rings. The smallest absolute Gasteiger partial charge is 0.363 e. The number of ether oxygens (including phenoxy) is 1. The highest BCUT2D eigenvalue weighted by atomic mass is 32.1. The van der Waals surface area contributed by atoms with Gasteiger partial charge in [0.1, 0.15) is 6.61 Å². The van der Waals surface area contributed by atoms with Crippen LogP contribution in [0, 0.1) is 10.1 Å². The third-order valence-electron chi connectivity index (χ3n) is 4.08. The molecule has 0 amide bonds. The molecule has 4 heterocycles. The molecule has 0 radical (unpaired) electrons. The van der Waals surface area contributed by atoms with Crippen molar-refractivity contribution in [2.75, 3.05) is 18.5 Å². The van der Waals surface area contributed by atoms with Crippen molar-refractivity contribution in [1.82, 2.24) is 4.74 Å². The van der Waals surface area contributed by atoms with Crippen molar-refractivity contribution >= 4 is 27.9 Å². The van der Waals surface area contributed by atoms with Crippen molar-refractivity contribution in [3.05, 3.63) is 54.4 Å². The van der Waals surface area contributed by atoms with E-state index in [1.54, 1.807) is 12.4 Å². The molecule has 124 valence electrons. The van der Waals surface area contributed by atoms with Crippen LogP contribution in [-0.2, 0) is 16.6 Å². The number of hydrogen-bond donors (Lipinski definition) is 1. The number of nitrogens with one attached hydrogen (secondary N) is 1. The Morgan fingerprint density at radius 3 is 2.92 bits per heavy atom. The lowest BCUT2D eigenvalue weighted by molar-refractivity contribution is -0.380. The summed E-state index contributed by atoms with van der Waals surface area (Å²) >= 11 is 0.955. The average Bonchev–Trinajstić information content (AvgIpc) is 3.12. The van der Waals surface area contributed by atoms with E-state index >= 15 is 0 Å². The molecule has 2 aliphatic heterocycles. The van der Waals surface area contributed by atoms with Gasteiger partial charge < -0.3 is 14.6 Å². The summed E-state index contributed by atoms with van der Waals surface area (Å²) in [6.45, 7) is 0.110. The molecule has 2 aromatic heterocycles. The first-order chi connectivity index (χ1) is 11.5. The van der Waals surface area contributed by atoms with E-state index in [9.17, 15) is 19.7 Å². The van der Waals surface area contributed by atoms with Crippen LogP contribution >= 0.6 is 11.3 Å². The summed E-state index contributed by atoms with van der Waals surface area (Å²) in [5.74, 6) is -0.526. The van der Waals surface area contributed by atoms with Crippen LogP contribution in [0.3, 0.4) is 0 Å². The van der Waals surface area contributed by atoms with E-state index in [0.717, 1.165) is 11.3 Å². The van der Waals surface area contributed by atoms with Crippen LogP contribution in [0.15, 0.2) is 32.0 Å². The summed E-state index contributed by atoms with van der Waals surface area (Å²) in [6.07, 6.45) is 0. The van der Waals surface area contributed by atoms with Crippen molar-refractivity contribution in [1.29, 1.82) is 0 Å². The highest BCUT2D eigenvalue weighted by Crippen LogP contribution is 2.43. The molecule has 0 spiro atoms. The van der Waals surface area contributed by atoms with Gasteiger partial charge >= 0.3 is 10.6 Å². The largest absolute Gasteiger partial charge is 0.367 e. The minimum atomic E-state index is -0.699. The molecule has 2 aliphatic rings. The van der Waals surface area contributed by atoms with Crippen LogP contribution in [0.5, 0.6) is 0 Å². The molecule has 10 heteroatoms. The van der Waals surface area contributed by atoms with Gasteiger partial charge in [-0.3, -0.25) is 14.9 Å². The Balaban J connectivity index is 1.96. The summed E-state index contributed by atoms with van der Waals surface area (Å²) in [5, 5.41) is 15.5. The van der Waals surface area contributed by atoms with E-state index in [-0.39, 0.29) is 29.6 Å². The molecule has 1 atom stereocenters. The van der Waals surface area contributed by atoms with E-state index in [0.29, 0.717) is 22.7 Å². The van der Waals surface area contributed by atoms with Crippen molar-refractivity contribution < 1.29 is 19.0 Å². The molecule has 1 N–H and O–H groups in total. The molecular formula is C14H11N3O6S. The zero-order valence-electron chi connectivity index (χ0n) is 12.4. The lowest BCUT2D eigenvalue weighted by Crippen LogP contribution is -2.33. The number of aryl methyl sites for hydroxylation is 1. The second kappa shape index (κ2) is 5.14. The minimum absolute atomic E-state index is 0.0490. The molecule has 24 heavy (non-hydrogen) atoms. The van der Waals surface area contributed by atoms with E-state index in [1.165, 1.54) is 10.8 Å². The molecule has 1 unspecified atom stereocenters. The Hall–Kier alpha value is -2.72. The monoisotopic (exact) mass is 349 g/mol. The zero-order valence-corrected chi connectivity index (χ0v) is 13.2. The Kier molecular flexibility index (Phi) is 3.18. The number of anilines is 1. The van der Waals surface area contributed by atoms with E-state index in [4.69, 9.17) is 9.26 Å². The lowest BCUT2D eigenvalue weighted by atomic mass is 9.81. The highest BCUT2D eigenvalue weighted by Gasteiger charge is 2.40. The maximum absolute atomic E-state index is 12.4. The number of thiophene rings is 1. The van der Waals surface area contributed by atoms with Crippen molar-refractivity contribution in [3.8, 4) is 0 Å². The Morgan fingerprint density at radius 2 is 2.21 bits per heavy atom. The van der Waals surface area contributed by atoms with Crippen LogP contribution in [0.25, 0.3) is 0 Å². The second-order valence-electron chi connectivity index (χ2n) is 5.48. The number of aromatic nitrogens is 1. The molecule has 2 aromatic rings. The molecule has 0 aliphatic carbocycles. The van der Waals surface area contributed by atoms with E-state index < -0.39 is 16.5 Å². The molecule has 0 saturated heterocycles. The number of Topliss-reactive ketones (excluding diaryl/α,β-unsaturated/α-hetero) is 1. The van der Waals surface area contributed by atoms with Crippen LogP contribution in [0.1, 0.15) is 17.0 Å². The highest BCUT2D eigenvalue weighted by molar-refractivity contribution is 7.13. The summed E-state index contributed by atoms with van der Waals surface area (Å²) in [5.41, 5.74) is 1.17. The van der Waals surface area contributed by atoms with Gasteiger partial charge in [0.15, 0.2) is 11.6 Å². The van der Waals surface area contributed by atoms with Crippen molar-refractivity contribution in [2.24, 2.45) is 7.05 Å². The normalized spacial score (nSPS) is 19.7. The molecule has 0 aromatic carbocycles. The molecule has 9 nitrogen and oxygen atoms in total. The summed E-state index contributed by atoms with van der Waals surface area (Å²) in [7, 11) is 1.57. The van der Waals surface area contributed by atoms with E-state index in [1.807, 2.05) is 0 Å². The Labute approximate surface area is 138 Å². The first-order valence-corrected chi connectivity index (χ1v) is 7.89. The Bertz CT molecular complexity index is 966. The van der Waals surface area contributed by atoms with E-state index in [2.05, 4.69) is 5.32 Å². The van der Waals surface area contributed by atoms with Gasteiger partial charge in [-0.15, -0.1) is 0 Å². The predicted octanol–water partition coefficient (Wildman–Crippen LogP) is 1.36. The predicted molar refractivity (Wildman–Crippen MR) is 83.2 cm³/mol. The van der Waals surface area contributed by atoms with Gasteiger partial charge in [0, 0.05) is 24.1 Å². The maximum Gasteiger partial charge on any atom is 0.363 e. The summed E-state index contributed by atoms with van der Waals surface area (Å²) in [6, 6.07) is 1.39. The number of rotatable bonds is 2. The topological polar surface area (TPSA) is 117 Å². The molecule has 4 rings (SSSR count). The lowest BCUT2D eigenvalue weighted by Gasteiger charge is -2.30. The van der Waals surface area contributed by atoms with Gasteiger partial charge in [-0.05, 0) is 5.56 Å². The first kappa shape index (κ1) is 14.8. The number of nitro groups is 1. The van der Waals surface area contributed by atoms with Gasteiger partial charge in [-0.2, -0.15) is 4.74 Å². The van der Waals surface area contributed by atoms with Crippen molar-refractivity contribution in [3.63, 3.8) is 0 Å². The van der Waals surface area contributed by atoms with Gasteiger partial charge in [-0.25, -0.2) is 4.79 Å². The Morgan fingerprint density at radius 1 is 1.42 bits per heavy atom. The zero-order chi connectivity index (χ0) is 17.0. The number of carbonyl (C=O) groups excluding carboxylic acids is 1. The third kappa shape index (κ3) is 2.03. The van der Waals surface area contributed by atoms with Crippen molar-refractivity contribution in [2.45, 2.75) is 5.92 Å². The minimum Gasteiger partial charge on any atom is -0.367 e. The molecular weight excluding hydrogens is 338 g/mol. The van der Waals surface area contributed by atoms with Gasteiger partial charge in [0.05, 0.1) is 28.7 Å². The average molecular weight is 349 g/mol. The number of carbonyl (C=O) groups is 1. The fraction of sp³-hybridized carbons (Fsp3) is 0.286. The molecule has 0 bridgehead atoms. The first-order valence-electron chi connectivity index (χ1n) is 7.01. The number of ketones is 1. The van der Waals surface area contributed by atoms with Crippen LogP contribution in [0.2, 0.25) is 0 Å². The quantitative estimate of drug-likeness (QED) is 0.642. The number of hydrogen-bond acceptors (Lipinski definition) is 8. The van der Waals surface area contributed by atoms with Gasteiger partial charge in [0.2, 0.25) is 0 Å². The van der Waals surface area contributed by atoms with Crippen LogP contribution < -0.4 is 10.9 Å². The third-order valence-corrected chi connectivity index (χ3v) is 4.98. The second-order valence-corrected chi connectivity index (χ2v) is 6.37. The molecule has 0 saturated carbocycles. The summed E-state index contributed by atoms with van der Waals surface area (Å²) in [4.78, 5) is 35.1. The fourth-order valence-corrected chi connectivity index (χ4v) is 3.85. The maximum atomic E-state index is 12.4. The summed E-state index contributed by atoms with van der Waals surface area (Å²) < 4.78 is 11.6. The van der Waals surface area contributed by atoms with Crippen LogP contribution in [-0.4, -0.2) is 28.7 Å². The standard InChI is InChI=1S/C14H11N3O6S/c1-16-13-12(14(19)23-16)10(6-2-9(17(20)21)24-5-6)11-7(15-13)3-22-4-8(11)18/h2,5,10,15H,3-4H2,1H3. The fourth-order valence-electron chi connectivity index (χ4n) is 3.10. The number of fused-ring (bicyclic) bond motifs is 1. The SMILES string of the molecule is Cn1oc(=O)c2c1NC1=C(C(=O)COC1)C2c1csc([N+](=O)[O-])c1. The van der Waals surface area contributed by atoms with Gasteiger partial charge in [-0.1, -0.05) is 11.3 Å².